The van der Waals surface area contributed by atoms with E-state index in [4.69, 9.17) is 4.74 Å². The molecule has 1 heterocycles. The molecule has 0 bridgehead atoms. The molecule has 134 valence electrons. The van der Waals surface area contributed by atoms with Crippen LogP contribution in [0.25, 0.3) is 0 Å². The number of carbonyl (C=O) groups excluding carboxylic acids is 1. The summed E-state index contributed by atoms with van der Waals surface area (Å²) in [5.41, 5.74) is 1.05. The molecule has 24 heavy (non-hydrogen) atoms. The molecule has 1 aromatic rings. The fraction of sp³-hybridized carbons (Fsp3) is 0.632. The van der Waals surface area contributed by atoms with Crippen molar-refractivity contribution in [2.45, 2.75) is 45.6 Å². The molecule has 1 saturated heterocycles. The van der Waals surface area contributed by atoms with Crippen LogP contribution in [0.2, 0.25) is 0 Å². The van der Waals surface area contributed by atoms with Crippen molar-refractivity contribution >= 4 is 6.03 Å². The van der Waals surface area contributed by atoms with Gasteiger partial charge >= 0.3 is 6.03 Å². The summed E-state index contributed by atoms with van der Waals surface area (Å²) in [6.07, 6.45) is 3.77. The third kappa shape index (κ3) is 4.87. The molecule has 1 aliphatic rings. The standard InChI is InChI=1S/C19H30N2O3/c1-19(2,14-22)10-6-11-20-18(23)21-12-5-9-17(21)15-7-4-8-16(13-15)24-3/h4,7-8,13,17,22H,5-6,9-12,14H2,1-3H3,(H,20,23). The first kappa shape index (κ1) is 18.6. The van der Waals surface area contributed by atoms with Gasteiger partial charge in [0.05, 0.1) is 13.2 Å². The Morgan fingerprint density at radius 2 is 2.25 bits per heavy atom. The Bertz CT molecular complexity index is 545. The van der Waals surface area contributed by atoms with Crippen molar-refractivity contribution in [1.29, 1.82) is 0 Å². The van der Waals surface area contributed by atoms with Gasteiger partial charge in [-0.2, -0.15) is 0 Å². The molecule has 5 heteroatoms. The molecule has 1 atom stereocenters. The van der Waals surface area contributed by atoms with Crippen LogP contribution in [-0.4, -0.2) is 42.8 Å². The fourth-order valence-electron chi connectivity index (χ4n) is 3.15. The first-order valence-corrected chi connectivity index (χ1v) is 8.76. The lowest BCUT2D eigenvalue weighted by Crippen LogP contribution is -2.40. The quantitative estimate of drug-likeness (QED) is 0.752. The van der Waals surface area contributed by atoms with Crippen LogP contribution in [-0.2, 0) is 0 Å². The Kier molecular flexibility index (Phi) is 6.49. The van der Waals surface area contributed by atoms with Gasteiger partial charge in [-0.15, -0.1) is 0 Å². The Morgan fingerprint density at radius 1 is 1.46 bits per heavy atom. The molecular formula is C19H30N2O3. The number of aliphatic hydroxyl groups is 1. The van der Waals surface area contributed by atoms with Crippen molar-refractivity contribution in [3.8, 4) is 5.75 Å². The number of carbonyl (C=O) groups is 1. The summed E-state index contributed by atoms with van der Waals surface area (Å²) in [5.74, 6) is 0.825. The van der Waals surface area contributed by atoms with E-state index in [2.05, 4.69) is 11.4 Å². The summed E-state index contributed by atoms with van der Waals surface area (Å²) in [7, 11) is 1.66. The van der Waals surface area contributed by atoms with Gasteiger partial charge in [-0.3, -0.25) is 0 Å². The lowest BCUT2D eigenvalue weighted by Gasteiger charge is -2.26. The number of urea groups is 1. The number of aliphatic hydroxyl groups excluding tert-OH is 1. The summed E-state index contributed by atoms with van der Waals surface area (Å²) < 4.78 is 5.29. The van der Waals surface area contributed by atoms with Gasteiger partial charge in [-0.25, -0.2) is 4.79 Å². The van der Waals surface area contributed by atoms with E-state index in [-0.39, 0.29) is 24.1 Å². The molecule has 1 fully saturated rings. The normalized spacial score (nSPS) is 17.8. The maximum atomic E-state index is 12.5. The van der Waals surface area contributed by atoms with E-state index >= 15 is 0 Å². The number of nitrogens with one attached hydrogen (secondary N) is 1. The van der Waals surface area contributed by atoms with Crippen molar-refractivity contribution in [1.82, 2.24) is 10.2 Å². The number of likely N-dealkylation sites (tertiary alicyclic amines) is 1. The summed E-state index contributed by atoms with van der Waals surface area (Å²) >= 11 is 0. The molecule has 1 aromatic carbocycles. The van der Waals surface area contributed by atoms with E-state index in [1.807, 2.05) is 36.9 Å². The Hall–Kier alpha value is -1.75. The minimum absolute atomic E-state index is 0.00197. The van der Waals surface area contributed by atoms with Gasteiger partial charge in [0.2, 0.25) is 0 Å². The number of rotatable bonds is 7. The average molecular weight is 334 g/mol. The second-order valence-electron chi connectivity index (χ2n) is 7.29. The van der Waals surface area contributed by atoms with Crippen molar-refractivity contribution in [2.24, 2.45) is 5.41 Å². The smallest absolute Gasteiger partial charge is 0.317 e. The zero-order chi connectivity index (χ0) is 17.6. The maximum absolute atomic E-state index is 12.5. The Balaban J connectivity index is 1.89. The van der Waals surface area contributed by atoms with E-state index in [0.29, 0.717) is 6.54 Å². The van der Waals surface area contributed by atoms with Gasteiger partial charge in [0.1, 0.15) is 5.75 Å². The number of benzene rings is 1. The molecule has 0 spiro atoms. The van der Waals surface area contributed by atoms with Crippen LogP contribution in [0.5, 0.6) is 5.75 Å². The van der Waals surface area contributed by atoms with Crippen LogP contribution >= 0.6 is 0 Å². The third-order valence-corrected chi connectivity index (χ3v) is 4.73. The number of ether oxygens (including phenoxy) is 1. The topological polar surface area (TPSA) is 61.8 Å². The minimum Gasteiger partial charge on any atom is -0.497 e. The van der Waals surface area contributed by atoms with Crippen LogP contribution in [0.1, 0.15) is 51.1 Å². The van der Waals surface area contributed by atoms with Gasteiger partial charge in [0.25, 0.3) is 0 Å². The summed E-state index contributed by atoms with van der Waals surface area (Å²) in [6.45, 7) is 5.67. The monoisotopic (exact) mass is 334 g/mol. The zero-order valence-corrected chi connectivity index (χ0v) is 15.0. The van der Waals surface area contributed by atoms with Crippen molar-refractivity contribution in [2.75, 3.05) is 26.8 Å². The molecule has 2 amide bonds. The van der Waals surface area contributed by atoms with Gasteiger partial charge in [-0.05, 0) is 48.8 Å². The largest absolute Gasteiger partial charge is 0.497 e. The molecule has 0 saturated carbocycles. The van der Waals surface area contributed by atoms with Gasteiger partial charge in [-0.1, -0.05) is 26.0 Å². The van der Waals surface area contributed by atoms with Gasteiger partial charge in [0, 0.05) is 19.7 Å². The SMILES string of the molecule is COc1cccc(C2CCCN2C(=O)NCCCC(C)(C)CO)c1. The number of nitrogens with zero attached hydrogens (tertiary/aromatic N) is 1. The van der Waals surface area contributed by atoms with Gasteiger partial charge < -0.3 is 20.1 Å². The minimum atomic E-state index is -0.0818. The second-order valence-corrected chi connectivity index (χ2v) is 7.29. The number of amides is 2. The Morgan fingerprint density at radius 3 is 2.96 bits per heavy atom. The highest BCUT2D eigenvalue weighted by molar-refractivity contribution is 5.75. The second kappa shape index (κ2) is 8.38. The zero-order valence-electron chi connectivity index (χ0n) is 15.0. The van der Waals surface area contributed by atoms with E-state index < -0.39 is 0 Å². The summed E-state index contributed by atoms with van der Waals surface area (Å²) in [6, 6.07) is 8.09. The van der Waals surface area contributed by atoms with Crippen molar-refractivity contribution in [3.63, 3.8) is 0 Å². The van der Waals surface area contributed by atoms with Crippen LogP contribution in [0.3, 0.4) is 0 Å². The summed E-state index contributed by atoms with van der Waals surface area (Å²) in [5, 5.41) is 12.3. The Labute approximate surface area is 145 Å². The van der Waals surface area contributed by atoms with E-state index in [0.717, 1.165) is 43.5 Å². The highest BCUT2D eigenvalue weighted by Gasteiger charge is 2.30. The lowest BCUT2D eigenvalue weighted by atomic mass is 9.89. The third-order valence-electron chi connectivity index (χ3n) is 4.73. The molecular weight excluding hydrogens is 304 g/mol. The van der Waals surface area contributed by atoms with Crippen LogP contribution in [0, 0.1) is 5.41 Å². The molecule has 0 aromatic heterocycles. The van der Waals surface area contributed by atoms with E-state index in [9.17, 15) is 9.90 Å². The number of hydrogen-bond donors (Lipinski definition) is 2. The first-order valence-electron chi connectivity index (χ1n) is 8.76. The van der Waals surface area contributed by atoms with Crippen molar-refractivity contribution in [3.05, 3.63) is 29.8 Å². The predicted octanol–water partition coefficient (Wildman–Crippen LogP) is 3.34. The molecule has 0 radical (unpaired) electrons. The van der Waals surface area contributed by atoms with E-state index in [1.54, 1.807) is 7.11 Å². The van der Waals surface area contributed by atoms with Crippen LogP contribution in [0.15, 0.2) is 24.3 Å². The fourth-order valence-corrected chi connectivity index (χ4v) is 3.15. The highest BCUT2D eigenvalue weighted by atomic mass is 16.5. The molecule has 2 N–H and O–H groups in total. The first-order chi connectivity index (χ1) is 11.5. The molecule has 5 nitrogen and oxygen atoms in total. The maximum Gasteiger partial charge on any atom is 0.317 e. The van der Waals surface area contributed by atoms with Gasteiger partial charge in [0.15, 0.2) is 0 Å². The predicted molar refractivity (Wildman–Crippen MR) is 95.2 cm³/mol. The molecule has 2 rings (SSSR count). The lowest BCUT2D eigenvalue weighted by molar-refractivity contribution is 0.147. The summed E-state index contributed by atoms with van der Waals surface area (Å²) in [4.78, 5) is 14.4. The van der Waals surface area contributed by atoms with Crippen molar-refractivity contribution < 1.29 is 14.6 Å². The molecule has 1 aliphatic heterocycles. The van der Waals surface area contributed by atoms with Crippen LogP contribution < -0.4 is 10.1 Å². The van der Waals surface area contributed by atoms with Crippen LogP contribution in [0.4, 0.5) is 4.79 Å². The number of methoxy groups -OCH3 is 1. The average Bonchev–Trinajstić information content (AvgIpc) is 3.08. The molecule has 1 unspecified atom stereocenters. The molecule has 0 aliphatic carbocycles. The highest BCUT2D eigenvalue weighted by Crippen LogP contribution is 2.33. The number of hydrogen-bond acceptors (Lipinski definition) is 3. The van der Waals surface area contributed by atoms with E-state index in [1.165, 1.54) is 0 Å².